The van der Waals surface area contributed by atoms with Gasteiger partial charge in [-0.1, -0.05) is 30.3 Å². The molecule has 4 heterocycles. The summed E-state index contributed by atoms with van der Waals surface area (Å²) in [6, 6.07) is 16.1. The van der Waals surface area contributed by atoms with Crippen molar-refractivity contribution in [2.45, 2.75) is 38.4 Å². The number of likely N-dealkylation sites (N-methyl/N-ethyl adjacent to an activating group) is 1. The fourth-order valence-electron chi connectivity index (χ4n) is 6.07. The summed E-state index contributed by atoms with van der Waals surface area (Å²) in [5, 5.41) is 1.29. The van der Waals surface area contributed by atoms with Crippen LogP contribution in [-0.4, -0.2) is 96.0 Å². The van der Waals surface area contributed by atoms with Gasteiger partial charge in [-0.15, -0.1) is 0 Å². The molecule has 0 radical (unpaired) electrons. The molecule has 0 saturated carbocycles. The van der Waals surface area contributed by atoms with Gasteiger partial charge in [0.05, 0.1) is 4.70 Å². The molecule has 6 rings (SSSR count). The second kappa shape index (κ2) is 10.6. The average molecular weight is 519 g/mol. The van der Waals surface area contributed by atoms with Crippen molar-refractivity contribution in [1.29, 1.82) is 0 Å². The number of benzene rings is 2. The maximum absolute atomic E-state index is 13.1. The number of amides is 2. The predicted octanol–water partition coefficient (Wildman–Crippen LogP) is 4.12. The first kappa shape index (κ1) is 24.6. The summed E-state index contributed by atoms with van der Waals surface area (Å²) in [5.74, 6) is 1.16. The molecule has 0 spiro atoms. The molecule has 2 amide bonds. The highest BCUT2D eigenvalue weighted by molar-refractivity contribution is 7.13. The molecular weight excluding hydrogens is 480 g/mol. The van der Waals surface area contributed by atoms with Crippen molar-refractivity contribution in [3.05, 3.63) is 59.2 Å². The molecule has 1 unspecified atom stereocenters. The van der Waals surface area contributed by atoms with Crippen LogP contribution in [0.15, 0.2) is 42.5 Å². The van der Waals surface area contributed by atoms with Gasteiger partial charge in [-0.05, 0) is 80.3 Å². The highest BCUT2D eigenvalue weighted by Crippen LogP contribution is 2.30. The Morgan fingerprint density at radius 2 is 1.81 bits per heavy atom. The number of aromatic nitrogens is 1. The largest absolute Gasteiger partial charge is 0.353 e. The second-order valence-electron chi connectivity index (χ2n) is 11.0. The van der Waals surface area contributed by atoms with E-state index >= 15 is 0 Å². The molecule has 196 valence electrons. The van der Waals surface area contributed by atoms with Crippen LogP contribution in [0.4, 0.5) is 10.6 Å². The number of carbonyl (C=O) groups excluding carboxylic acids is 1. The van der Waals surface area contributed by atoms with E-state index in [9.17, 15) is 4.79 Å². The molecule has 3 aliphatic heterocycles. The first-order valence-electron chi connectivity index (χ1n) is 13.7. The Hall–Kier alpha value is -2.68. The van der Waals surface area contributed by atoms with Crippen molar-refractivity contribution in [3.63, 3.8) is 0 Å². The van der Waals surface area contributed by atoms with Crippen LogP contribution in [0.5, 0.6) is 0 Å². The van der Waals surface area contributed by atoms with E-state index in [0.29, 0.717) is 6.04 Å². The zero-order chi connectivity index (χ0) is 25.4. The first-order chi connectivity index (χ1) is 18.0. The number of urea groups is 1. The second-order valence-corrected chi connectivity index (χ2v) is 11.8. The maximum Gasteiger partial charge on any atom is 0.320 e. The SMILES string of the molecule is CN(C)C1CCN(C(=O)N2Cc3ccc(CCCN4CCN(c5nsc6ccccc56)CC4)cc3C2)C1. The molecule has 2 saturated heterocycles. The Kier molecular flexibility index (Phi) is 7.06. The number of fused-ring (bicyclic) bond motifs is 2. The van der Waals surface area contributed by atoms with Crippen molar-refractivity contribution in [2.75, 3.05) is 64.8 Å². The molecule has 37 heavy (non-hydrogen) atoms. The van der Waals surface area contributed by atoms with Crippen molar-refractivity contribution >= 4 is 33.5 Å². The van der Waals surface area contributed by atoms with Crippen LogP contribution in [0, 0.1) is 0 Å². The molecule has 2 fully saturated rings. The number of likely N-dealkylation sites (tertiary alicyclic amines) is 1. The molecule has 1 atom stereocenters. The summed E-state index contributed by atoms with van der Waals surface area (Å²) in [7, 11) is 4.21. The van der Waals surface area contributed by atoms with E-state index in [1.165, 1.54) is 33.2 Å². The van der Waals surface area contributed by atoms with Crippen molar-refractivity contribution < 1.29 is 4.79 Å². The van der Waals surface area contributed by atoms with Crippen LogP contribution in [-0.2, 0) is 19.5 Å². The molecule has 2 aromatic carbocycles. The zero-order valence-electron chi connectivity index (χ0n) is 22.1. The van der Waals surface area contributed by atoms with E-state index in [2.05, 4.69) is 71.3 Å². The molecule has 8 heteroatoms. The van der Waals surface area contributed by atoms with Gasteiger partial charge < -0.3 is 19.6 Å². The topological polar surface area (TPSA) is 46.2 Å². The number of hydrogen-bond acceptors (Lipinski definition) is 6. The Morgan fingerprint density at radius 1 is 1.00 bits per heavy atom. The molecule has 0 bridgehead atoms. The standard InChI is InChI=1S/C29H38N6OS/c1-31(2)25-11-13-34(21-25)29(36)35-19-23-10-9-22(18-24(23)20-35)6-5-12-32-14-16-33(17-15-32)28-26-7-3-4-8-27(26)37-30-28/h3-4,7-10,18,25H,5-6,11-17,19-21H2,1-2H3. The quantitative estimate of drug-likeness (QED) is 0.491. The summed E-state index contributed by atoms with van der Waals surface area (Å²) in [6.45, 7) is 8.62. The highest BCUT2D eigenvalue weighted by Gasteiger charge is 2.32. The van der Waals surface area contributed by atoms with E-state index < -0.39 is 0 Å². The van der Waals surface area contributed by atoms with E-state index in [-0.39, 0.29) is 6.03 Å². The van der Waals surface area contributed by atoms with Crippen LogP contribution in [0.1, 0.15) is 29.5 Å². The van der Waals surface area contributed by atoms with Crippen molar-refractivity contribution in [3.8, 4) is 0 Å². The van der Waals surface area contributed by atoms with Gasteiger partial charge in [0.15, 0.2) is 0 Å². The van der Waals surface area contributed by atoms with Gasteiger partial charge in [-0.2, -0.15) is 4.37 Å². The van der Waals surface area contributed by atoms with Crippen LogP contribution in [0.3, 0.4) is 0 Å². The van der Waals surface area contributed by atoms with Crippen LogP contribution in [0.2, 0.25) is 0 Å². The number of piperazine rings is 1. The lowest BCUT2D eigenvalue weighted by Crippen LogP contribution is -2.46. The molecule has 1 aromatic heterocycles. The lowest BCUT2D eigenvalue weighted by Gasteiger charge is -2.35. The first-order valence-corrected chi connectivity index (χ1v) is 14.4. The fraction of sp³-hybridized carbons (Fsp3) is 0.517. The van der Waals surface area contributed by atoms with Gasteiger partial charge in [0, 0.05) is 63.8 Å². The molecule has 7 nitrogen and oxygen atoms in total. The summed E-state index contributed by atoms with van der Waals surface area (Å²) in [6.07, 6.45) is 3.33. The minimum atomic E-state index is 0.201. The summed E-state index contributed by atoms with van der Waals surface area (Å²) < 4.78 is 6.02. The monoisotopic (exact) mass is 518 g/mol. The zero-order valence-corrected chi connectivity index (χ0v) is 22.9. The summed E-state index contributed by atoms with van der Waals surface area (Å²) >= 11 is 1.61. The van der Waals surface area contributed by atoms with Gasteiger partial charge in [-0.3, -0.25) is 4.90 Å². The predicted molar refractivity (Wildman–Crippen MR) is 151 cm³/mol. The molecule has 3 aromatic rings. The highest BCUT2D eigenvalue weighted by atomic mass is 32.1. The molecule has 0 N–H and O–H groups in total. The van der Waals surface area contributed by atoms with Gasteiger partial charge >= 0.3 is 6.03 Å². The minimum Gasteiger partial charge on any atom is -0.353 e. The Balaban J connectivity index is 0.964. The number of rotatable bonds is 6. The van der Waals surface area contributed by atoms with E-state index in [1.54, 1.807) is 11.5 Å². The Morgan fingerprint density at radius 3 is 2.62 bits per heavy atom. The Bertz CT molecular complexity index is 1250. The number of aryl methyl sites for hydroxylation is 1. The number of nitrogens with zero attached hydrogens (tertiary/aromatic N) is 6. The normalized spacial score (nSPS) is 20.4. The van der Waals surface area contributed by atoms with E-state index in [1.807, 2.05) is 9.80 Å². The molecule has 3 aliphatic rings. The van der Waals surface area contributed by atoms with Crippen LogP contribution >= 0.6 is 11.5 Å². The summed E-state index contributed by atoms with van der Waals surface area (Å²) in [4.78, 5) is 24.4. The number of anilines is 1. The summed E-state index contributed by atoms with van der Waals surface area (Å²) in [5.41, 5.74) is 4.04. The third-order valence-corrected chi connectivity index (χ3v) is 9.21. The Labute approximate surface area is 224 Å². The lowest BCUT2D eigenvalue weighted by atomic mass is 10.0. The van der Waals surface area contributed by atoms with E-state index in [0.717, 1.165) is 77.6 Å². The van der Waals surface area contributed by atoms with Gasteiger partial charge in [0.25, 0.3) is 0 Å². The minimum absolute atomic E-state index is 0.201. The van der Waals surface area contributed by atoms with Crippen LogP contribution in [0.25, 0.3) is 10.1 Å². The third kappa shape index (κ3) is 5.19. The van der Waals surface area contributed by atoms with Crippen molar-refractivity contribution in [1.82, 2.24) is 24.0 Å². The number of hydrogen-bond donors (Lipinski definition) is 0. The number of carbonyl (C=O) groups is 1. The smallest absolute Gasteiger partial charge is 0.320 e. The van der Waals surface area contributed by atoms with Gasteiger partial charge in [-0.25, -0.2) is 4.79 Å². The van der Waals surface area contributed by atoms with E-state index in [4.69, 9.17) is 4.37 Å². The lowest BCUT2D eigenvalue weighted by molar-refractivity contribution is 0.159. The third-order valence-electron chi connectivity index (χ3n) is 8.40. The fourth-order valence-corrected chi connectivity index (χ4v) is 6.86. The molecule has 0 aliphatic carbocycles. The average Bonchev–Trinajstić information content (AvgIpc) is 3.67. The van der Waals surface area contributed by atoms with Crippen molar-refractivity contribution in [2.24, 2.45) is 0 Å². The van der Waals surface area contributed by atoms with Gasteiger partial charge in [0.2, 0.25) is 0 Å². The molecular formula is C29H38N6OS. The maximum atomic E-state index is 13.1. The van der Waals surface area contributed by atoms with Gasteiger partial charge in [0.1, 0.15) is 5.82 Å². The van der Waals surface area contributed by atoms with Crippen LogP contribution < -0.4 is 4.90 Å².